The van der Waals surface area contributed by atoms with Gasteiger partial charge in [-0.3, -0.25) is 4.79 Å². The first-order valence-corrected chi connectivity index (χ1v) is 6.68. The molecule has 0 spiro atoms. The van der Waals surface area contributed by atoms with E-state index in [2.05, 4.69) is 5.32 Å². The maximum Gasteiger partial charge on any atom is 0.222 e. The van der Waals surface area contributed by atoms with Crippen LogP contribution in [0.1, 0.15) is 39.0 Å². The van der Waals surface area contributed by atoms with Gasteiger partial charge in [0.15, 0.2) is 0 Å². The molecule has 16 heavy (non-hydrogen) atoms. The predicted molar refractivity (Wildman–Crippen MR) is 64.8 cm³/mol. The summed E-state index contributed by atoms with van der Waals surface area (Å²) in [6.45, 7) is 3.46. The van der Waals surface area contributed by atoms with Gasteiger partial charge in [0, 0.05) is 12.5 Å². The second kappa shape index (κ2) is 5.17. The van der Waals surface area contributed by atoms with Crippen LogP contribution in [0.4, 0.5) is 0 Å². The highest BCUT2D eigenvalue weighted by Gasteiger charge is 2.39. The van der Waals surface area contributed by atoms with Gasteiger partial charge in [-0.25, -0.2) is 0 Å². The Morgan fingerprint density at radius 3 is 2.81 bits per heavy atom. The monoisotopic (exact) mass is 224 g/mol. The fraction of sp³-hybridized carbons (Fsp3) is 0.923. The van der Waals surface area contributed by atoms with Crippen molar-refractivity contribution in [3.05, 3.63) is 0 Å². The van der Waals surface area contributed by atoms with Crippen molar-refractivity contribution in [1.82, 2.24) is 5.32 Å². The molecule has 2 bridgehead atoms. The third-order valence-corrected chi connectivity index (χ3v) is 4.47. The Morgan fingerprint density at radius 2 is 2.25 bits per heavy atom. The van der Waals surface area contributed by atoms with E-state index < -0.39 is 0 Å². The molecule has 92 valence electrons. The van der Waals surface area contributed by atoms with E-state index in [1.54, 1.807) is 0 Å². The number of nitrogens with one attached hydrogen (secondary N) is 1. The van der Waals surface area contributed by atoms with Crippen LogP contribution in [-0.2, 0) is 4.79 Å². The van der Waals surface area contributed by atoms with Gasteiger partial charge in [0.1, 0.15) is 0 Å². The molecule has 4 unspecified atom stereocenters. The number of amides is 1. The molecule has 3 heteroatoms. The summed E-state index contributed by atoms with van der Waals surface area (Å²) < 4.78 is 0. The largest absolute Gasteiger partial charge is 0.356 e. The van der Waals surface area contributed by atoms with Gasteiger partial charge in [-0.1, -0.05) is 13.3 Å². The second-order valence-electron chi connectivity index (χ2n) is 5.66. The number of rotatable bonds is 5. The lowest BCUT2D eigenvalue weighted by molar-refractivity contribution is -0.124. The number of hydrogen-bond donors (Lipinski definition) is 2. The quantitative estimate of drug-likeness (QED) is 0.744. The molecule has 2 aliphatic carbocycles. The van der Waals surface area contributed by atoms with Crippen molar-refractivity contribution in [2.75, 3.05) is 13.1 Å². The Labute approximate surface area is 98.2 Å². The molecule has 0 aliphatic heterocycles. The lowest BCUT2D eigenvalue weighted by atomic mass is 9.89. The van der Waals surface area contributed by atoms with Crippen LogP contribution in [0, 0.1) is 23.7 Å². The molecule has 0 aromatic rings. The first-order chi connectivity index (χ1) is 7.70. The first kappa shape index (κ1) is 11.9. The summed E-state index contributed by atoms with van der Waals surface area (Å²) in [7, 11) is 0. The van der Waals surface area contributed by atoms with Crippen LogP contribution >= 0.6 is 0 Å². The molecular weight excluding hydrogens is 200 g/mol. The minimum Gasteiger partial charge on any atom is -0.356 e. The van der Waals surface area contributed by atoms with Gasteiger partial charge >= 0.3 is 0 Å². The van der Waals surface area contributed by atoms with Gasteiger partial charge in [-0.2, -0.15) is 0 Å². The van der Waals surface area contributed by atoms with E-state index in [0.29, 0.717) is 6.54 Å². The molecule has 2 fully saturated rings. The van der Waals surface area contributed by atoms with Crippen LogP contribution in [0.2, 0.25) is 0 Å². The van der Waals surface area contributed by atoms with Gasteiger partial charge in [0.25, 0.3) is 0 Å². The molecule has 0 radical (unpaired) electrons. The topological polar surface area (TPSA) is 55.1 Å². The maximum absolute atomic E-state index is 11.7. The number of fused-ring (bicyclic) bond motifs is 2. The van der Waals surface area contributed by atoms with Crippen LogP contribution in [-0.4, -0.2) is 19.0 Å². The summed E-state index contributed by atoms with van der Waals surface area (Å²) in [6.07, 6.45) is 6.37. The maximum atomic E-state index is 11.7. The first-order valence-electron chi connectivity index (χ1n) is 6.68. The molecule has 4 atom stereocenters. The molecule has 2 rings (SSSR count). The van der Waals surface area contributed by atoms with Gasteiger partial charge in [0.2, 0.25) is 5.91 Å². The Kier molecular flexibility index (Phi) is 3.85. The van der Waals surface area contributed by atoms with E-state index >= 15 is 0 Å². The Hall–Kier alpha value is -0.570. The van der Waals surface area contributed by atoms with E-state index in [1.807, 2.05) is 6.92 Å². The number of carbonyl (C=O) groups is 1. The summed E-state index contributed by atoms with van der Waals surface area (Å²) in [5, 5.41) is 3.10. The van der Waals surface area contributed by atoms with Crippen LogP contribution < -0.4 is 11.1 Å². The second-order valence-corrected chi connectivity index (χ2v) is 5.66. The van der Waals surface area contributed by atoms with E-state index in [9.17, 15) is 4.79 Å². The van der Waals surface area contributed by atoms with Gasteiger partial charge in [-0.15, -0.1) is 0 Å². The minimum absolute atomic E-state index is 0.0728. The minimum atomic E-state index is 0.0728. The van der Waals surface area contributed by atoms with Crippen LogP contribution in [0.15, 0.2) is 0 Å². The van der Waals surface area contributed by atoms with Crippen molar-refractivity contribution in [3.63, 3.8) is 0 Å². The zero-order valence-electron chi connectivity index (χ0n) is 10.2. The molecule has 2 aliphatic rings. The van der Waals surface area contributed by atoms with Crippen LogP contribution in [0.25, 0.3) is 0 Å². The van der Waals surface area contributed by atoms with E-state index in [4.69, 9.17) is 5.73 Å². The van der Waals surface area contributed by atoms with E-state index in [1.165, 1.54) is 25.7 Å². The average molecular weight is 224 g/mol. The highest BCUT2D eigenvalue weighted by Crippen LogP contribution is 2.47. The highest BCUT2D eigenvalue weighted by atomic mass is 16.1. The molecule has 3 N–H and O–H groups in total. The molecular formula is C13H24N2O. The molecule has 1 amide bonds. The summed E-state index contributed by atoms with van der Waals surface area (Å²) in [5.41, 5.74) is 5.45. The fourth-order valence-electron chi connectivity index (χ4n) is 3.41. The average Bonchev–Trinajstić information content (AvgIpc) is 2.87. The number of hydrogen-bond acceptors (Lipinski definition) is 2. The van der Waals surface area contributed by atoms with Crippen molar-refractivity contribution < 1.29 is 4.79 Å². The summed E-state index contributed by atoms with van der Waals surface area (Å²) in [5.74, 6) is 2.88. The summed E-state index contributed by atoms with van der Waals surface area (Å²) in [6, 6.07) is 0. The predicted octanol–water partition coefficient (Wildman–Crippen LogP) is 1.52. The number of carbonyl (C=O) groups excluding carboxylic acids is 1. The van der Waals surface area contributed by atoms with Crippen LogP contribution in [0.3, 0.4) is 0 Å². The molecule has 2 saturated carbocycles. The fourth-order valence-corrected chi connectivity index (χ4v) is 3.41. The molecule has 0 aromatic heterocycles. The zero-order valence-corrected chi connectivity index (χ0v) is 10.2. The van der Waals surface area contributed by atoms with E-state index in [0.717, 1.165) is 30.7 Å². The SMILES string of the molecule is CC(CCN)C(=O)NCC1CC2CCC1C2. The highest BCUT2D eigenvalue weighted by molar-refractivity contribution is 5.78. The van der Waals surface area contributed by atoms with E-state index in [-0.39, 0.29) is 11.8 Å². The Bertz CT molecular complexity index is 254. The van der Waals surface area contributed by atoms with Crippen molar-refractivity contribution in [2.45, 2.75) is 39.0 Å². The lowest BCUT2D eigenvalue weighted by Gasteiger charge is -2.22. The van der Waals surface area contributed by atoms with Crippen LogP contribution in [0.5, 0.6) is 0 Å². The van der Waals surface area contributed by atoms with Gasteiger partial charge in [0.05, 0.1) is 0 Å². The van der Waals surface area contributed by atoms with Gasteiger partial charge < -0.3 is 11.1 Å². The van der Waals surface area contributed by atoms with Crippen molar-refractivity contribution in [3.8, 4) is 0 Å². The third kappa shape index (κ3) is 2.57. The third-order valence-electron chi connectivity index (χ3n) is 4.47. The van der Waals surface area contributed by atoms with Gasteiger partial charge in [-0.05, 0) is 50.0 Å². The normalized spacial score (nSPS) is 34.0. The Balaban J connectivity index is 1.69. The molecule has 0 aromatic carbocycles. The smallest absolute Gasteiger partial charge is 0.222 e. The van der Waals surface area contributed by atoms with Crippen molar-refractivity contribution in [2.24, 2.45) is 29.4 Å². The molecule has 0 saturated heterocycles. The van der Waals surface area contributed by atoms with Crippen molar-refractivity contribution in [1.29, 1.82) is 0 Å². The molecule has 3 nitrogen and oxygen atoms in total. The summed E-state index contributed by atoms with van der Waals surface area (Å²) >= 11 is 0. The number of nitrogens with two attached hydrogens (primary N) is 1. The van der Waals surface area contributed by atoms with Crippen molar-refractivity contribution >= 4 is 5.91 Å². The lowest BCUT2D eigenvalue weighted by Crippen LogP contribution is -2.35. The zero-order chi connectivity index (χ0) is 11.5. The Morgan fingerprint density at radius 1 is 1.44 bits per heavy atom. The standard InChI is InChI=1S/C13H24N2O/c1-9(4-5-14)13(16)15-8-12-7-10-2-3-11(12)6-10/h9-12H,2-8,14H2,1H3,(H,15,16). The molecule has 0 heterocycles. The summed E-state index contributed by atoms with van der Waals surface area (Å²) in [4.78, 5) is 11.7.